The van der Waals surface area contributed by atoms with E-state index >= 15 is 0 Å². The van der Waals surface area contributed by atoms with Gasteiger partial charge < -0.3 is 10.4 Å². The Hall–Kier alpha value is -0.920. The molecule has 2 unspecified atom stereocenters. The highest BCUT2D eigenvalue weighted by atomic mass is 32.2. The van der Waals surface area contributed by atoms with E-state index in [9.17, 15) is 22.9 Å². The number of unbranched alkanes of at least 4 members (excludes halogenated alkanes) is 23. The predicted molar refractivity (Wildman–Crippen MR) is 184 cm³/mol. The van der Waals surface area contributed by atoms with Gasteiger partial charge >= 0.3 is 0 Å². The first-order chi connectivity index (χ1) is 20.8. The van der Waals surface area contributed by atoms with E-state index in [-0.39, 0.29) is 5.91 Å². The van der Waals surface area contributed by atoms with Crippen molar-refractivity contribution in [2.24, 2.45) is 0 Å². The molecule has 0 aliphatic heterocycles. The van der Waals surface area contributed by atoms with Gasteiger partial charge in [0, 0.05) is 6.42 Å². The van der Waals surface area contributed by atoms with E-state index in [1.165, 1.54) is 116 Å². The Kier molecular flexibility index (Phi) is 30.4. The number of hydrogen-bond donors (Lipinski definition) is 3. The van der Waals surface area contributed by atoms with Crippen molar-refractivity contribution in [3.63, 3.8) is 0 Å². The van der Waals surface area contributed by atoms with Crippen LogP contribution in [0.15, 0.2) is 12.2 Å². The maximum Gasteiger partial charge on any atom is 0.266 e. The molecule has 256 valence electrons. The lowest BCUT2D eigenvalue weighted by atomic mass is 10.0. The van der Waals surface area contributed by atoms with Crippen LogP contribution in [0.3, 0.4) is 0 Å². The lowest BCUT2D eigenvalue weighted by Crippen LogP contribution is -2.47. The van der Waals surface area contributed by atoms with Crippen LogP contribution in [0.2, 0.25) is 0 Å². The van der Waals surface area contributed by atoms with Gasteiger partial charge in [-0.15, -0.1) is 0 Å². The van der Waals surface area contributed by atoms with Crippen molar-refractivity contribution in [3.05, 3.63) is 12.2 Å². The van der Waals surface area contributed by atoms with Gasteiger partial charge in [0.2, 0.25) is 5.91 Å². The second kappa shape index (κ2) is 31.1. The van der Waals surface area contributed by atoms with Crippen LogP contribution >= 0.6 is 0 Å². The maximum absolute atomic E-state index is 12.5. The van der Waals surface area contributed by atoms with Crippen LogP contribution in [0.5, 0.6) is 0 Å². The summed E-state index contributed by atoms with van der Waals surface area (Å²) in [5, 5.41) is 13.3. The third-order valence-electron chi connectivity index (χ3n) is 8.47. The summed E-state index contributed by atoms with van der Waals surface area (Å²) in [6, 6.07) is -0.969. The van der Waals surface area contributed by atoms with E-state index in [4.69, 9.17) is 0 Å². The molecule has 6 nitrogen and oxygen atoms in total. The number of aliphatic hydroxyl groups is 1. The zero-order chi connectivity index (χ0) is 31.9. The van der Waals surface area contributed by atoms with Crippen LogP contribution < -0.4 is 5.32 Å². The van der Waals surface area contributed by atoms with Crippen molar-refractivity contribution in [2.75, 3.05) is 5.75 Å². The number of nitrogens with one attached hydrogen (secondary N) is 1. The first-order valence-corrected chi connectivity index (χ1v) is 20.0. The van der Waals surface area contributed by atoms with E-state index in [2.05, 4.69) is 31.3 Å². The van der Waals surface area contributed by atoms with Crippen LogP contribution in [-0.4, -0.2) is 41.9 Å². The molecule has 0 saturated heterocycles. The highest BCUT2D eigenvalue weighted by Crippen LogP contribution is 2.15. The molecule has 0 saturated carbocycles. The maximum atomic E-state index is 12.5. The van der Waals surface area contributed by atoms with Gasteiger partial charge in [-0.1, -0.05) is 161 Å². The van der Waals surface area contributed by atoms with Crippen LogP contribution in [-0.2, 0) is 14.9 Å². The summed E-state index contributed by atoms with van der Waals surface area (Å²) < 4.78 is 32.4. The highest BCUT2D eigenvalue weighted by molar-refractivity contribution is 7.85. The Morgan fingerprint density at radius 1 is 0.605 bits per heavy atom. The monoisotopic (exact) mass is 630 g/mol. The second-order valence-electron chi connectivity index (χ2n) is 12.9. The zero-order valence-corrected chi connectivity index (χ0v) is 29.2. The van der Waals surface area contributed by atoms with Crippen LogP contribution in [0, 0.1) is 0 Å². The highest BCUT2D eigenvalue weighted by Gasteiger charge is 2.26. The molecule has 43 heavy (non-hydrogen) atoms. The smallest absolute Gasteiger partial charge is 0.266 e. The van der Waals surface area contributed by atoms with Gasteiger partial charge in [-0.2, -0.15) is 8.42 Å². The van der Waals surface area contributed by atoms with Crippen molar-refractivity contribution < 1.29 is 22.9 Å². The summed E-state index contributed by atoms with van der Waals surface area (Å²) in [7, 11) is -4.30. The van der Waals surface area contributed by atoms with Gasteiger partial charge in [-0.05, 0) is 38.5 Å². The first-order valence-electron chi connectivity index (χ1n) is 18.4. The molecule has 0 aliphatic rings. The van der Waals surface area contributed by atoms with Crippen molar-refractivity contribution in [1.29, 1.82) is 0 Å². The van der Waals surface area contributed by atoms with Gasteiger partial charge in [0.25, 0.3) is 10.1 Å². The third kappa shape index (κ3) is 32.3. The Labute approximate surface area is 267 Å². The summed E-state index contributed by atoms with van der Waals surface area (Å²) >= 11 is 0. The molecule has 0 aromatic carbocycles. The fourth-order valence-electron chi connectivity index (χ4n) is 5.68. The average Bonchev–Trinajstić information content (AvgIpc) is 2.96. The van der Waals surface area contributed by atoms with E-state index in [1.54, 1.807) is 0 Å². The fraction of sp³-hybridized carbons (Fsp3) is 0.917. The predicted octanol–water partition coefficient (Wildman–Crippen LogP) is 10.2. The zero-order valence-electron chi connectivity index (χ0n) is 28.3. The number of carbonyl (C=O) groups excluding carboxylic acids is 1. The van der Waals surface area contributed by atoms with E-state index < -0.39 is 28.0 Å². The van der Waals surface area contributed by atoms with Gasteiger partial charge in [-0.3, -0.25) is 9.35 Å². The molecule has 0 heterocycles. The third-order valence-corrected chi connectivity index (χ3v) is 9.25. The molecule has 0 aromatic rings. The number of aliphatic hydroxyl groups excluding tert-OH is 1. The summed E-state index contributed by atoms with van der Waals surface area (Å²) in [6.07, 6.45) is 35.8. The van der Waals surface area contributed by atoms with Crippen LogP contribution in [0.25, 0.3) is 0 Å². The van der Waals surface area contributed by atoms with Gasteiger partial charge in [0.05, 0.1) is 17.9 Å². The molecule has 2 atom stereocenters. The molecule has 0 rings (SSSR count). The second-order valence-corrected chi connectivity index (χ2v) is 14.4. The minimum Gasteiger partial charge on any atom is -0.391 e. The Balaban J connectivity index is 3.92. The minimum atomic E-state index is -4.30. The normalized spacial score (nSPS) is 13.5. The number of allylic oxidation sites excluding steroid dienone is 2. The molecule has 0 spiro atoms. The standard InChI is InChI=1S/C36H71NO5S/c1-3-5-7-9-11-13-15-17-18-19-20-22-24-26-28-30-32-36(39)37-34(33-43(40,41)42)35(38)31-29-27-25-23-21-16-14-12-10-8-6-4-2/h18-19,34-35,38H,3-17,20-33H2,1-2H3,(H,37,39)(H,40,41,42)/b19-18-. The molecule has 0 aliphatic carbocycles. The van der Waals surface area contributed by atoms with Crippen molar-refractivity contribution in [1.82, 2.24) is 5.32 Å². The number of hydrogen-bond acceptors (Lipinski definition) is 4. The molecule has 0 fully saturated rings. The van der Waals surface area contributed by atoms with Crippen LogP contribution in [0.4, 0.5) is 0 Å². The molecule has 0 radical (unpaired) electrons. The molecular formula is C36H71NO5S. The molecular weight excluding hydrogens is 558 g/mol. The summed E-state index contributed by atoms with van der Waals surface area (Å²) in [5.41, 5.74) is 0. The number of amides is 1. The average molecular weight is 630 g/mol. The summed E-state index contributed by atoms with van der Waals surface area (Å²) in [6.45, 7) is 4.50. The van der Waals surface area contributed by atoms with Crippen molar-refractivity contribution in [2.45, 2.75) is 206 Å². The quantitative estimate of drug-likeness (QED) is 0.0381. The molecule has 0 bridgehead atoms. The first kappa shape index (κ1) is 42.1. The number of rotatable bonds is 33. The van der Waals surface area contributed by atoms with E-state index in [0.29, 0.717) is 12.8 Å². The SMILES string of the molecule is CCCCCCCCC/C=C\CCCCCCCC(=O)NC(CS(=O)(=O)O)C(O)CCCCCCCCCCCCCC. The molecule has 0 aromatic heterocycles. The summed E-state index contributed by atoms with van der Waals surface area (Å²) in [5.74, 6) is -0.902. The largest absolute Gasteiger partial charge is 0.391 e. The molecule has 1 amide bonds. The van der Waals surface area contributed by atoms with Crippen molar-refractivity contribution >= 4 is 16.0 Å². The van der Waals surface area contributed by atoms with Crippen LogP contribution in [0.1, 0.15) is 194 Å². The number of carbonyl (C=O) groups is 1. The van der Waals surface area contributed by atoms with E-state index in [0.717, 1.165) is 51.4 Å². The Morgan fingerprint density at radius 3 is 1.40 bits per heavy atom. The Bertz CT molecular complexity index is 740. The van der Waals surface area contributed by atoms with Gasteiger partial charge in [0.1, 0.15) is 0 Å². The van der Waals surface area contributed by atoms with Gasteiger partial charge in [-0.25, -0.2) is 0 Å². The van der Waals surface area contributed by atoms with Crippen molar-refractivity contribution in [3.8, 4) is 0 Å². The van der Waals surface area contributed by atoms with E-state index in [1.807, 2.05) is 0 Å². The van der Waals surface area contributed by atoms with Gasteiger partial charge in [0.15, 0.2) is 0 Å². The summed E-state index contributed by atoms with van der Waals surface area (Å²) in [4.78, 5) is 12.5. The fourth-order valence-corrected chi connectivity index (χ4v) is 6.44. The molecule has 7 heteroatoms. The lowest BCUT2D eigenvalue weighted by Gasteiger charge is -2.23. The topological polar surface area (TPSA) is 104 Å². The molecule has 3 N–H and O–H groups in total. The lowest BCUT2D eigenvalue weighted by molar-refractivity contribution is -0.122. The minimum absolute atomic E-state index is 0.254. The Morgan fingerprint density at radius 2 is 0.977 bits per heavy atom.